The summed E-state index contributed by atoms with van der Waals surface area (Å²) < 4.78 is 5.92. The average molecular weight is 475 g/mol. The van der Waals surface area contributed by atoms with Gasteiger partial charge in [0.1, 0.15) is 11.9 Å². The van der Waals surface area contributed by atoms with Gasteiger partial charge in [-0.15, -0.1) is 0 Å². The van der Waals surface area contributed by atoms with Gasteiger partial charge >= 0.3 is 11.9 Å². The lowest BCUT2D eigenvalue weighted by Crippen LogP contribution is -2.54. The van der Waals surface area contributed by atoms with Crippen molar-refractivity contribution in [1.82, 2.24) is 0 Å². The van der Waals surface area contributed by atoms with Crippen LogP contribution >= 0.6 is 0 Å². The van der Waals surface area contributed by atoms with Crippen LogP contribution in [-0.4, -0.2) is 28.9 Å². The summed E-state index contributed by atoms with van der Waals surface area (Å²) in [6.07, 6.45) is 14.4. The third-order valence-electron chi connectivity index (χ3n) is 10.9. The molecule has 192 valence electrons. The second-order valence-corrected chi connectivity index (χ2v) is 12.6. The van der Waals surface area contributed by atoms with Gasteiger partial charge in [-0.1, -0.05) is 26.7 Å². The van der Waals surface area contributed by atoms with Gasteiger partial charge in [-0.05, 0) is 112 Å². The Morgan fingerprint density at radius 2 is 1.50 bits per heavy atom. The van der Waals surface area contributed by atoms with Crippen LogP contribution in [-0.2, 0) is 19.1 Å². The summed E-state index contributed by atoms with van der Waals surface area (Å²) in [5.41, 5.74) is 0.572. The number of carbonyl (C=O) groups excluding carboxylic acids is 2. The number of ether oxygens (including phenoxy) is 1. The smallest absolute Gasteiger partial charge is 0.306 e. The first-order valence-corrected chi connectivity index (χ1v) is 14.1. The zero-order valence-corrected chi connectivity index (χ0v) is 21.7. The van der Waals surface area contributed by atoms with Crippen LogP contribution in [0.15, 0.2) is 0 Å². The summed E-state index contributed by atoms with van der Waals surface area (Å²) in [6, 6.07) is 0. The van der Waals surface area contributed by atoms with Crippen molar-refractivity contribution in [3.8, 4) is 0 Å². The highest BCUT2D eigenvalue weighted by molar-refractivity contribution is 5.79. The zero-order chi connectivity index (χ0) is 24.5. The van der Waals surface area contributed by atoms with E-state index in [9.17, 15) is 14.4 Å². The van der Waals surface area contributed by atoms with Crippen LogP contribution in [0.1, 0.15) is 117 Å². The average Bonchev–Trinajstić information content (AvgIpc) is 3.13. The number of unbranched alkanes of at least 4 members (excludes halogenated alkanes) is 3. The van der Waals surface area contributed by atoms with E-state index in [1.165, 1.54) is 32.1 Å². The summed E-state index contributed by atoms with van der Waals surface area (Å²) in [7, 11) is 0. The van der Waals surface area contributed by atoms with Crippen molar-refractivity contribution in [2.75, 3.05) is 0 Å². The highest BCUT2D eigenvalue weighted by Gasteiger charge is 2.60. The van der Waals surface area contributed by atoms with Crippen LogP contribution in [0.25, 0.3) is 0 Å². The largest absolute Gasteiger partial charge is 0.481 e. The Morgan fingerprint density at radius 3 is 2.21 bits per heavy atom. The number of carboxylic acid groups (broad SMARTS) is 1. The van der Waals surface area contributed by atoms with E-state index in [2.05, 4.69) is 13.8 Å². The molecule has 8 atom stereocenters. The number of carbonyl (C=O) groups is 3. The summed E-state index contributed by atoms with van der Waals surface area (Å²) >= 11 is 0. The standard InChI is InChI=1S/C29H46O5/c1-19(30)23-12-13-24-22-11-10-20-18-21(34-27(33)9-7-5-4-6-8-26(31)32)14-16-28(20,2)25(22)15-17-29(23,24)3/h20-25H,4-18H2,1-3H3,(H,31,32)/t20-,21-,22+,23-,24+,25+,28+,29-/m1/s1. The van der Waals surface area contributed by atoms with Crippen molar-refractivity contribution in [2.24, 2.45) is 40.4 Å². The first-order valence-electron chi connectivity index (χ1n) is 14.1. The number of aliphatic carboxylic acids is 1. The maximum Gasteiger partial charge on any atom is 0.306 e. The predicted molar refractivity (Wildman–Crippen MR) is 131 cm³/mol. The fraction of sp³-hybridized carbons (Fsp3) is 0.897. The molecule has 4 rings (SSSR count). The minimum Gasteiger partial charge on any atom is -0.481 e. The van der Waals surface area contributed by atoms with Crippen LogP contribution < -0.4 is 0 Å². The molecule has 0 amide bonds. The molecule has 0 unspecified atom stereocenters. The number of ketones is 1. The fourth-order valence-corrected chi connectivity index (χ4v) is 9.14. The molecule has 0 heterocycles. The van der Waals surface area contributed by atoms with Crippen molar-refractivity contribution >= 4 is 17.7 Å². The number of hydrogen-bond acceptors (Lipinski definition) is 4. The number of fused-ring (bicyclic) bond motifs is 5. The molecular weight excluding hydrogens is 428 g/mol. The molecule has 5 heteroatoms. The summed E-state index contributed by atoms with van der Waals surface area (Å²) in [6.45, 7) is 6.76. The van der Waals surface area contributed by atoms with Gasteiger partial charge in [0.2, 0.25) is 0 Å². The van der Waals surface area contributed by atoms with Crippen molar-refractivity contribution in [3.05, 3.63) is 0 Å². The molecule has 34 heavy (non-hydrogen) atoms. The Morgan fingerprint density at radius 1 is 0.824 bits per heavy atom. The zero-order valence-electron chi connectivity index (χ0n) is 21.7. The van der Waals surface area contributed by atoms with Gasteiger partial charge in [0, 0.05) is 18.8 Å². The molecule has 0 bridgehead atoms. The number of Topliss-reactive ketones (excluding diaryl/α,β-unsaturated/α-hetero) is 1. The topological polar surface area (TPSA) is 80.7 Å². The van der Waals surface area contributed by atoms with Crippen molar-refractivity contribution in [1.29, 1.82) is 0 Å². The van der Waals surface area contributed by atoms with E-state index in [1.54, 1.807) is 0 Å². The number of hydrogen-bond donors (Lipinski definition) is 1. The third-order valence-corrected chi connectivity index (χ3v) is 10.9. The van der Waals surface area contributed by atoms with Gasteiger partial charge in [-0.25, -0.2) is 0 Å². The lowest BCUT2D eigenvalue weighted by molar-refractivity contribution is -0.163. The lowest BCUT2D eigenvalue weighted by Gasteiger charge is -2.61. The van der Waals surface area contributed by atoms with E-state index in [0.29, 0.717) is 35.9 Å². The molecule has 0 saturated heterocycles. The lowest BCUT2D eigenvalue weighted by atomic mass is 9.44. The number of rotatable bonds is 9. The van der Waals surface area contributed by atoms with Crippen molar-refractivity contribution < 1.29 is 24.2 Å². The Hall–Kier alpha value is -1.39. The highest BCUT2D eigenvalue weighted by Crippen LogP contribution is 2.67. The maximum absolute atomic E-state index is 12.4. The molecule has 4 aliphatic rings. The molecule has 0 spiro atoms. The summed E-state index contributed by atoms with van der Waals surface area (Å²) in [5.74, 6) is 2.75. The van der Waals surface area contributed by atoms with E-state index >= 15 is 0 Å². The number of carboxylic acids is 1. The molecule has 0 radical (unpaired) electrons. The first kappa shape index (κ1) is 25.7. The highest BCUT2D eigenvalue weighted by atomic mass is 16.5. The molecule has 0 aliphatic heterocycles. The second-order valence-electron chi connectivity index (χ2n) is 12.6. The molecule has 4 aliphatic carbocycles. The minimum atomic E-state index is -0.747. The van der Waals surface area contributed by atoms with Gasteiger partial charge < -0.3 is 9.84 Å². The summed E-state index contributed by atoms with van der Waals surface area (Å²) in [4.78, 5) is 35.4. The Bertz CT molecular complexity index is 776. The maximum atomic E-state index is 12.4. The van der Waals surface area contributed by atoms with Crippen molar-refractivity contribution in [2.45, 2.75) is 123 Å². The molecule has 0 aromatic carbocycles. The normalized spacial score (nSPS) is 41.1. The van der Waals surface area contributed by atoms with Gasteiger partial charge in [0.15, 0.2) is 0 Å². The van der Waals surface area contributed by atoms with E-state index in [-0.39, 0.29) is 29.8 Å². The molecule has 4 fully saturated rings. The number of esters is 1. The Labute approximate surface area is 205 Å². The van der Waals surface area contributed by atoms with Gasteiger partial charge in [0.25, 0.3) is 0 Å². The van der Waals surface area contributed by atoms with E-state index < -0.39 is 5.97 Å². The van der Waals surface area contributed by atoms with Gasteiger partial charge in [-0.2, -0.15) is 0 Å². The van der Waals surface area contributed by atoms with E-state index in [4.69, 9.17) is 9.84 Å². The first-order chi connectivity index (χ1) is 16.1. The minimum absolute atomic E-state index is 0.0663. The molecule has 0 aromatic heterocycles. The SMILES string of the molecule is CC(=O)[C@H]1CC[C@H]2[C@@H]3CC[C@@H]4C[C@H](OC(=O)CCCCCCC(=O)O)CC[C@]4(C)[C@H]3CC[C@]12C. The monoisotopic (exact) mass is 474 g/mol. The fourth-order valence-electron chi connectivity index (χ4n) is 9.14. The quantitative estimate of drug-likeness (QED) is 0.302. The molecule has 1 N–H and O–H groups in total. The van der Waals surface area contributed by atoms with Crippen LogP contribution in [0.4, 0.5) is 0 Å². The van der Waals surface area contributed by atoms with Crippen LogP contribution in [0.3, 0.4) is 0 Å². The van der Waals surface area contributed by atoms with E-state index in [0.717, 1.165) is 56.8 Å². The molecule has 5 nitrogen and oxygen atoms in total. The van der Waals surface area contributed by atoms with Crippen LogP contribution in [0.2, 0.25) is 0 Å². The predicted octanol–water partition coefficient (Wildman–Crippen LogP) is 6.57. The third kappa shape index (κ3) is 4.95. The second kappa shape index (κ2) is 10.3. The van der Waals surface area contributed by atoms with Crippen LogP contribution in [0, 0.1) is 40.4 Å². The van der Waals surface area contributed by atoms with E-state index in [1.807, 2.05) is 6.92 Å². The summed E-state index contributed by atoms with van der Waals surface area (Å²) in [5, 5.41) is 8.70. The Balaban J connectivity index is 1.27. The van der Waals surface area contributed by atoms with Crippen LogP contribution in [0.5, 0.6) is 0 Å². The van der Waals surface area contributed by atoms with Gasteiger partial charge in [0.05, 0.1) is 0 Å². The Kier molecular flexibility index (Phi) is 7.79. The molecule has 4 saturated carbocycles. The molecule has 0 aromatic rings. The molecular formula is C29H46O5. The van der Waals surface area contributed by atoms with Gasteiger partial charge in [-0.3, -0.25) is 14.4 Å². The van der Waals surface area contributed by atoms with Crippen molar-refractivity contribution in [3.63, 3.8) is 0 Å².